The maximum atomic E-state index is 11.7. The first kappa shape index (κ1) is 9.75. The average Bonchev–Trinajstić information content (AvgIpc) is 1.59. The molecule has 4 heteroatoms. The van der Waals surface area contributed by atoms with Gasteiger partial charge < -0.3 is 5.11 Å². The minimum Gasteiger partial charge on any atom is -0.383 e. The molecule has 0 aromatic heterocycles. The van der Waals surface area contributed by atoms with Crippen molar-refractivity contribution in [2.24, 2.45) is 5.41 Å². The van der Waals surface area contributed by atoms with E-state index >= 15 is 0 Å². The molecule has 1 atom stereocenters. The molecule has 0 saturated heterocycles. The Morgan fingerprint density at radius 3 is 1.40 bits per heavy atom. The lowest BCUT2D eigenvalue weighted by molar-refractivity contribution is -0.231. The molecule has 0 aromatic carbocycles. The van der Waals surface area contributed by atoms with Crippen LogP contribution in [0.5, 0.6) is 0 Å². The van der Waals surface area contributed by atoms with Crippen LogP contribution in [0.15, 0.2) is 0 Å². The first-order valence-corrected chi connectivity index (χ1v) is 2.90. The van der Waals surface area contributed by atoms with Crippen LogP contribution in [0.4, 0.5) is 13.2 Å². The Kier molecular flexibility index (Phi) is 2.36. The Balaban J connectivity index is 4.23. The second-order valence-corrected chi connectivity index (χ2v) is 3.31. The van der Waals surface area contributed by atoms with E-state index in [1.165, 1.54) is 20.8 Å². The second kappa shape index (κ2) is 2.42. The van der Waals surface area contributed by atoms with Crippen LogP contribution in [0.2, 0.25) is 0 Å². The van der Waals surface area contributed by atoms with E-state index in [0.29, 0.717) is 0 Å². The van der Waals surface area contributed by atoms with Crippen LogP contribution in [0.1, 0.15) is 20.8 Å². The third-order valence-electron chi connectivity index (χ3n) is 1.13. The van der Waals surface area contributed by atoms with Gasteiger partial charge in [0.15, 0.2) is 6.10 Å². The van der Waals surface area contributed by atoms with Crippen LogP contribution in [0.25, 0.3) is 0 Å². The largest absolute Gasteiger partial charge is 0.414 e. The zero-order valence-electron chi connectivity index (χ0n) is 6.16. The van der Waals surface area contributed by atoms with Crippen molar-refractivity contribution >= 4 is 0 Å². The normalized spacial score (nSPS) is 17.1. The summed E-state index contributed by atoms with van der Waals surface area (Å²) in [6, 6.07) is 0. The monoisotopic (exact) mass is 156 g/mol. The molecule has 0 aliphatic heterocycles. The smallest absolute Gasteiger partial charge is 0.383 e. The number of aliphatic hydroxyl groups is 1. The van der Waals surface area contributed by atoms with Gasteiger partial charge in [0.1, 0.15) is 0 Å². The topological polar surface area (TPSA) is 20.2 Å². The van der Waals surface area contributed by atoms with Gasteiger partial charge in [0.05, 0.1) is 0 Å². The molecule has 10 heavy (non-hydrogen) atoms. The lowest BCUT2D eigenvalue weighted by Gasteiger charge is -2.27. The van der Waals surface area contributed by atoms with E-state index in [-0.39, 0.29) is 0 Å². The third kappa shape index (κ3) is 2.56. The van der Waals surface area contributed by atoms with Crippen LogP contribution >= 0.6 is 0 Å². The summed E-state index contributed by atoms with van der Waals surface area (Å²) >= 11 is 0. The van der Waals surface area contributed by atoms with E-state index in [9.17, 15) is 13.2 Å². The minimum atomic E-state index is -4.50. The molecular formula is C6H11F3O. The molecule has 0 saturated carbocycles. The number of aliphatic hydroxyl groups excluding tert-OH is 1. The molecule has 0 aliphatic rings. The minimum absolute atomic E-state index is 1.13. The summed E-state index contributed by atoms with van der Waals surface area (Å²) in [6.07, 6.45) is -6.74. The van der Waals surface area contributed by atoms with Crippen molar-refractivity contribution in [3.63, 3.8) is 0 Å². The van der Waals surface area contributed by atoms with Crippen LogP contribution in [-0.2, 0) is 0 Å². The summed E-state index contributed by atoms with van der Waals surface area (Å²) in [5.74, 6) is 0. The molecule has 0 fully saturated rings. The van der Waals surface area contributed by atoms with Gasteiger partial charge in [0, 0.05) is 0 Å². The van der Waals surface area contributed by atoms with E-state index in [1.807, 2.05) is 0 Å². The molecule has 0 bridgehead atoms. The molecule has 0 rings (SSSR count). The van der Waals surface area contributed by atoms with Crippen LogP contribution in [0.3, 0.4) is 0 Å². The summed E-state index contributed by atoms with van der Waals surface area (Å²) in [7, 11) is 0. The number of rotatable bonds is 0. The first-order chi connectivity index (χ1) is 4.15. The average molecular weight is 156 g/mol. The molecule has 1 unspecified atom stereocenters. The molecule has 62 valence electrons. The van der Waals surface area contributed by atoms with E-state index in [4.69, 9.17) is 5.11 Å². The van der Waals surface area contributed by atoms with Crippen molar-refractivity contribution in [3.05, 3.63) is 0 Å². The SMILES string of the molecule is CC(C)(C)C(O)C(F)(F)F. The molecule has 0 aliphatic carbocycles. The van der Waals surface area contributed by atoms with Crippen LogP contribution < -0.4 is 0 Å². The predicted molar refractivity (Wildman–Crippen MR) is 31.5 cm³/mol. The number of hydrogen-bond acceptors (Lipinski definition) is 1. The maximum absolute atomic E-state index is 11.7. The Morgan fingerprint density at radius 1 is 1.10 bits per heavy atom. The number of hydrogen-bond donors (Lipinski definition) is 1. The fourth-order valence-corrected chi connectivity index (χ4v) is 0.491. The Morgan fingerprint density at radius 2 is 1.40 bits per heavy atom. The van der Waals surface area contributed by atoms with Gasteiger partial charge in [0.2, 0.25) is 0 Å². The van der Waals surface area contributed by atoms with Crippen molar-refractivity contribution in [2.75, 3.05) is 0 Å². The molecule has 0 aromatic rings. The van der Waals surface area contributed by atoms with Crippen molar-refractivity contribution in [3.8, 4) is 0 Å². The lowest BCUT2D eigenvalue weighted by Crippen LogP contribution is -2.39. The van der Waals surface area contributed by atoms with Gasteiger partial charge in [-0.2, -0.15) is 13.2 Å². The van der Waals surface area contributed by atoms with E-state index in [2.05, 4.69) is 0 Å². The van der Waals surface area contributed by atoms with Crippen molar-refractivity contribution < 1.29 is 18.3 Å². The predicted octanol–water partition coefficient (Wildman–Crippen LogP) is 1.96. The van der Waals surface area contributed by atoms with Gasteiger partial charge in [-0.05, 0) is 5.41 Å². The van der Waals surface area contributed by atoms with E-state index in [0.717, 1.165) is 0 Å². The van der Waals surface area contributed by atoms with Gasteiger partial charge in [0.25, 0.3) is 0 Å². The molecule has 1 nitrogen and oxygen atoms in total. The molecule has 0 amide bonds. The molecule has 0 spiro atoms. The van der Waals surface area contributed by atoms with Gasteiger partial charge in [-0.3, -0.25) is 0 Å². The first-order valence-electron chi connectivity index (χ1n) is 2.90. The molecule has 0 radical (unpaired) electrons. The zero-order chi connectivity index (χ0) is 8.58. The highest BCUT2D eigenvalue weighted by Crippen LogP contribution is 2.32. The van der Waals surface area contributed by atoms with E-state index in [1.54, 1.807) is 0 Å². The third-order valence-corrected chi connectivity index (χ3v) is 1.13. The highest BCUT2D eigenvalue weighted by molar-refractivity contribution is 4.78. The van der Waals surface area contributed by atoms with Crippen molar-refractivity contribution in [1.29, 1.82) is 0 Å². The summed E-state index contributed by atoms with van der Waals surface area (Å²) in [5.41, 5.74) is -1.13. The quantitative estimate of drug-likeness (QED) is 0.568. The summed E-state index contributed by atoms with van der Waals surface area (Å²) in [5, 5.41) is 8.60. The summed E-state index contributed by atoms with van der Waals surface area (Å²) in [6.45, 7) is 4.02. The maximum Gasteiger partial charge on any atom is 0.414 e. The van der Waals surface area contributed by atoms with Crippen molar-refractivity contribution in [1.82, 2.24) is 0 Å². The van der Waals surface area contributed by atoms with E-state index < -0.39 is 17.7 Å². The van der Waals surface area contributed by atoms with Crippen molar-refractivity contribution in [2.45, 2.75) is 33.1 Å². The van der Waals surface area contributed by atoms with Gasteiger partial charge in [-0.25, -0.2) is 0 Å². The van der Waals surface area contributed by atoms with Gasteiger partial charge >= 0.3 is 6.18 Å². The summed E-state index contributed by atoms with van der Waals surface area (Å²) in [4.78, 5) is 0. The highest BCUT2D eigenvalue weighted by Gasteiger charge is 2.45. The Bertz CT molecular complexity index is 97.1. The fraction of sp³-hybridized carbons (Fsp3) is 1.00. The second-order valence-electron chi connectivity index (χ2n) is 3.31. The lowest BCUT2D eigenvalue weighted by atomic mass is 9.89. The fourth-order valence-electron chi connectivity index (χ4n) is 0.491. The highest BCUT2D eigenvalue weighted by atomic mass is 19.4. The van der Waals surface area contributed by atoms with Crippen LogP contribution in [0, 0.1) is 5.41 Å². The Hall–Kier alpha value is -0.250. The van der Waals surface area contributed by atoms with Crippen LogP contribution in [-0.4, -0.2) is 17.4 Å². The molecule has 0 heterocycles. The van der Waals surface area contributed by atoms with Gasteiger partial charge in [-0.15, -0.1) is 0 Å². The zero-order valence-corrected chi connectivity index (χ0v) is 6.16. The number of halogens is 3. The summed E-state index contributed by atoms with van der Waals surface area (Å²) < 4.78 is 35.1. The molecule has 1 N–H and O–H groups in total. The standard InChI is InChI=1S/C6H11F3O/c1-5(2,3)4(10)6(7,8)9/h4,10H,1-3H3. The Labute approximate surface area is 57.9 Å². The van der Waals surface area contributed by atoms with Gasteiger partial charge in [-0.1, -0.05) is 20.8 Å². The molecular weight excluding hydrogens is 145 g/mol. The number of alkyl halides is 3.